The second kappa shape index (κ2) is 10.1. The van der Waals surface area contributed by atoms with E-state index in [-0.39, 0.29) is 24.2 Å². The highest BCUT2D eigenvalue weighted by Crippen LogP contribution is 2.23. The van der Waals surface area contributed by atoms with Crippen molar-refractivity contribution in [2.24, 2.45) is 0 Å². The first-order valence-corrected chi connectivity index (χ1v) is 8.99. The fourth-order valence-corrected chi connectivity index (χ4v) is 3.08. The summed E-state index contributed by atoms with van der Waals surface area (Å²) in [5.74, 6) is -3.18. The molecule has 0 unspecified atom stereocenters. The van der Waals surface area contributed by atoms with Gasteiger partial charge in [-0.15, -0.1) is 0 Å². The molecule has 1 amide bonds. The van der Waals surface area contributed by atoms with Gasteiger partial charge in [0.2, 0.25) is 5.91 Å². The fourth-order valence-electron chi connectivity index (χ4n) is 3.08. The minimum atomic E-state index is -5.08. The summed E-state index contributed by atoms with van der Waals surface area (Å²) in [7, 11) is 0. The van der Waals surface area contributed by atoms with Gasteiger partial charge < -0.3 is 15.1 Å². The van der Waals surface area contributed by atoms with Crippen molar-refractivity contribution in [3.63, 3.8) is 0 Å². The maximum Gasteiger partial charge on any atom is 0.490 e. The molecule has 1 aromatic carbocycles. The molecule has 0 radical (unpaired) electrons. The van der Waals surface area contributed by atoms with E-state index in [2.05, 4.69) is 4.98 Å². The lowest BCUT2D eigenvalue weighted by Crippen LogP contribution is -2.41. The Bertz CT molecular complexity index is 861. The third-order valence-corrected chi connectivity index (χ3v) is 4.49. The molecule has 2 aromatic rings. The van der Waals surface area contributed by atoms with Gasteiger partial charge in [0.15, 0.2) is 0 Å². The number of pyridine rings is 1. The zero-order chi connectivity index (χ0) is 22.3. The van der Waals surface area contributed by atoms with E-state index in [1.807, 2.05) is 12.1 Å². The van der Waals surface area contributed by atoms with Crippen LogP contribution in [0.5, 0.6) is 0 Å². The van der Waals surface area contributed by atoms with Crippen LogP contribution in [0.15, 0.2) is 48.8 Å². The lowest BCUT2D eigenvalue weighted by Gasteiger charge is -2.26. The van der Waals surface area contributed by atoms with E-state index in [1.54, 1.807) is 29.4 Å². The molecule has 6 nitrogen and oxygen atoms in total. The van der Waals surface area contributed by atoms with Crippen LogP contribution in [-0.2, 0) is 22.4 Å². The minimum Gasteiger partial charge on any atom is -0.475 e. The number of nitrogens with zero attached hydrogens (tertiary/aromatic N) is 2. The number of hydrogen-bond acceptors (Lipinski definition) is 4. The number of aliphatic hydroxyl groups is 1. The van der Waals surface area contributed by atoms with E-state index < -0.39 is 18.2 Å². The van der Waals surface area contributed by atoms with Gasteiger partial charge in [-0.05, 0) is 42.2 Å². The first kappa shape index (κ1) is 23.3. The fraction of sp³-hybridized carbons (Fsp3) is 0.350. The molecule has 162 valence electrons. The van der Waals surface area contributed by atoms with E-state index in [9.17, 15) is 27.5 Å². The normalized spacial score (nSPS) is 18.5. The third kappa shape index (κ3) is 6.80. The molecule has 2 N–H and O–H groups in total. The molecular formula is C20H20F4N2O4. The smallest absolute Gasteiger partial charge is 0.475 e. The number of carbonyl (C=O) groups is 2. The summed E-state index contributed by atoms with van der Waals surface area (Å²) in [6.07, 6.45) is -0.883. The van der Waals surface area contributed by atoms with Gasteiger partial charge in [-0.25, -0.2) is 9.18 Å². The average Bonchev–Trinajstić information content (AvgIpc) is 3.03. The first-order valence-electron chi connectivity index (χ1n) is 8.99. The zero-order valence-corrected chi connectivity index (χ0v) is 15.7. The molecule has 1 aliphatic heterocycles. The number of benzene rings is 1. The van der Waals surface area contributed by atoms with Gasteiger partial charge in [-0.3, -0.25) is 9.78 Å². The Morgan fingerprint density at radius 3 is 2.40 bits per heavy atom. The summed E-state index contributed by atoms with van der Waals surface area (Å²) in [6.45, 7) is 0.528. The monoisotopic (exact) mass is 428 g/mol. The third-order valence-electron chi connectivity index (χ3n) is 4.49. The largest absolute Gasteiger partial charge is 0.490 e. The van der Waals surface area contributed by atoms with Crippen LogP contribution in [0.25, 0.3) is 0 Å². The summed E-state index contributed by atoms with van der Waals surface area (Å²) >= 11 is 0. The number of amides is 1. The highest BCUT2D eigenvalue weighted by atomic mass is 19.4. The van der Waals surface area contributed by atoms with E-state index >= 15 is 0 Å². The Morgan fingerprint density at radius 1 is 1.17 bits per heavy atom. The van der Waals surface area contributed by atoms with Crippen LogP contribution in [0.3, 0.4) is 0 Å². The molecule has 30 heavy (non-hydrogen) atoms. The van der Waals surface area contributed by atoms with E-state index in [0.29, 0.717) is 24.9 Å². The summed E-state index contributed by atoms with van der Waals surface area (Å²) < 4.78 is 45.0. The lowest BCUT2D eigenvalue weighted by atomic mass is 10.0. The van der Waals surface area contributed by atoms with Gasteiger partial charge in [0.05, 0.1) is 18.6 Å². The van der Waals surface area contributed by atoms with Gasteiger partial charge >= 0.3 is 12.1 Å². The predicted molar refractivity (Wildman–Crippen MR) is 97.9 cm³/mol. The Morgan fingerprint density at radius 2 is 1.83 bits per heavy atom. The number of carbonyl (C=O) groups excluding carboxylic acids is 1. The van der Waals surface area contributed by atoms with Crippen LogP contribution in [0.1, 0.15) is 17.5 Å². The Balaban J connectivity index is 0.000000396. The van der Waals surface area contributed by atoms with Gasteiger partial charge in [0, 0.05) is 18.9 Å². The van der Waals surface area contributed by atoms with Crippen LogP contribution in [0, 0.1) is 5.82 Å². The summed E-state index contributed by atoms with van der Waals surface area (Å²) in [5.41, 5.74) is 1.64. The van der Waals surface area contributed by atoms with Crippen molar-refractivity contribution < 1.29 is 37.4 Å². The Labute approximate surface area is 169 Å². The second-order valence-corrected chi connectivity index (χ2v) is 6.69. The molecule has 1 aliphatic rings. The molecule has 3 rings (SSSR count). The Hall–Kier alpha value is -3.01. The van der Waals surface area contributed by atoms with Crippen LogP contribution < -0.4 is 0 Å². The van der Waals surface area contributed by atoms with Crippen molar-refractivity contribution >= 4 is 11.9 Å². The van der Waals surface area contributed by atoms with Gasteiger partial charge in [-0.1, -0.05) is 18.2 Å². The van der Waals surface area contributed by atoms with Crippen molar-refractivity contribution in [1.29, 1.82) is 0 Å². The van der Waals surface area contributed by atoms with Crippen molar-refractivity contribution in [2.75, 3.05) is 6.54 Å². The van der Waals surface area contributed by atoms with E-state index in [4.69, 9.17) is 9.90 Å². The topological polar surface area (TPSA) is 90.7 Å². The zero-order valence-electron chi connectivity index (χ0n) is 15.7. The molecule has 0 aliphatic carbocycles. The summed E-state index contributed by atoms with van der Waals surface area (Å²) in [4.78, 5) is 27.2. The molecule has 2 atom stereocenters. The van der Waals surface area contributed by atoms with E-state index in [1.165, 1.54) is 12.1 Å². The number of rotatable bonds is 4. The minimum absolute atomic E-state index is 0.0824. The van der Waals surface area contributed by atoms with Crippen molar-refractivity contribution in [3.05, 3.63) is 65.7 Å². The quantitative estimate of drug-likeness (QED) is 0.731. The molecule has 2 heterocycles. The number of hydrogen-bond donors (Lipinski definition) is 2. The number of likely N-dealkylation sites (tertiary alicyclic amines) is 1. The van der Waals surface area contributed by atoms with Crippen LogP contribution in [0.2, 0.25) is 0 Å². The lowest BCUT2D eigenvalue weighted by molar-refractivity contribution is -0.192. The molecular weight excluding hydrogens is 408 g/mol. The molecule has 0 spiro atoms. The van der Waals surface area contributed by atoms with Crippen molar-refractivity contribution in [1.82, 2.24) is 9.88 Å². The van der Waals surface area contributed by atoms with Crippen LogP contribution >= 0.6 is 0 Å². The SMILES string of the molecule is O=C(Cc1cccc(F)c1)N1CC[C@H](O)[C@@H]1Cc1cccnc1.O=C(O)C(F)(F)F. The molecule has 0 bridgehead atoms. The van der Waals surface area contributed by atoms with Crippen LogP contribution in [-0.4, -0.2) is 56.8 Å². The maximum absolute atomic E-state index is 13.2. The van der Waals surface area contributed by atoms with Gasteiger partial charge in [-0.2, -0.15) is 13.2 Å². The number of carboxylic acids is 1. The number of aliphatic hydroxyl groups excluding tert-OH is 1. The number of aliphatic carboxylic acids is 1. The predicted octanol–water partition coefficient (Wildman–Crippen LogP) is 2.60. The molecule has 1 fully saturated rings. The van der Waals surface area contributed by atoms with Crippen LogP contribution in [0.4, 0.5) is 17.6 Å². The maximum atomic E-state index is 13.2. The second-order valence-electron chi connectivity index (χ2n) is 6.69. The highest BCUT2D eigenvalue weighted by molar-refractivity contribution is 5.79. The average molecular weight is 428 g/mol. The van der Waals surface area contributed by atoms with Crippen molar-refractivity contribution in [3.8, 4) is 0 Å². The standard InChI is InChI=1S/C18H19FN2O2.C2HF3O2/c19-15-5-1-3-13(9-15)11-18(23)21-8-6-17(22)16(21)10-14-4-2-7-20-12-14;3-2(4,5)1(6)7/h1-5,7,9,12,16-17,22H,6,8,10-11H2;(H,6,7)/t16-,17-;/m0./s1. The van der Waals surface area contributed by atoms with Crippen molar-refractivity contribution in [2.45, 2.75) is 37.6 Å². The molecule has 0 saturated carbocycles. The van der Waals surface area contributed by atoms with E-state index in [0.717, 1.165) is 5.56 Å². The summed E-state index contributed by atoms with van der Waals surface area (Å²) in [6, 6.07) is 9.61. The van der Waals surface area contributed by atoms with Gasteiger partial charge in [0.25, 0.3) is 0 Å². The number of alkyl halides is 3. The Kier molecular flexibility index (Phi) is 7.87. The molecule has 1 saturated heterocycles. The summed E-state index contributed by atoms with van der Waals surface area (Å²) in [5, 5.41) is 17.3. The number of aromatic nitrogens is 1. The number of halogens is 4. The highest BCUT2D eigenvalue weighted by Gasteiger charge is 2.38. The van der Waals surface area contributed by atoms with Gasteiger partial charge in [0.1, 0.15) is 5.82 Å². The first-order chi connectivity index (χ1) is 14.1. The number of carboxylic acid groups (broad SMARTS) is 1. The molecule has 10 heteroatoms. The molecule has 1 aromatic heterocycles.